The molecule has 1 fully saturated rings. The first-order valence-electron chi connectivity index (χ1n) is 4.80. The van der Waals surface area contributed by atoms with E-state index < -0.39 is 0 Å². The van der Waals surface area contributed by atoms with Crippen molar-refractivity contribution in [2.45, 2.75) is 18.9 Å². The van der Waals surface area contributed by atoms with Crippen molar-refractivity contribution in [2.75, 3.05) is 7.11 Å². The summed E-state index contributed by atoms with van der Waals surface area (Å²) in [6, 6.07) is 2.20. The fourth-order valence-corrected chi connectivity index (χ4v) is 1.65. The maximum Gasteiger partial charge on any atom is 0.137 e. The van der Waals surface area contributed by atoms with E-state index in [9.17, 15) is 0 Å². The lowest BCUT2D eigenvalue weighted by atomic mass is 10.1. The highest BCUT2D eigenvalue weighted by Crippen LogP contribution is 2.40. The topological polar surface area (TPSA) is 60.2 Å². The van der Waals surface area contributed by atoms with E-state index in [2.05, 4.69) is 10.4 Å². The van der Waals surface area contributed by atoms with Crippen molar-refractivity contribution >= 4 is 0 Å². The molecule has 2 rings (SSSR count). The summed E-state index contributed by atoms with van der Waals surface area (Å²) in [5.74, 6) is 6.96. The number of pyridine rings is 1. The van der Waals surface area contributed by atoms with E-state index >= 15 is 0 Å². The maximum atomic E-state index is 5.52. The first-order chi connectivity index (χ1) is 6.85. The minimum absolute atomic E-state index is 0.220. The molecule has 0 radical (unpaired) electrons. The SMILES string of the molecule is COc1cncc(C(NN)C2CC2)c1. The lowest BCUT2D eigenvalue weighted by Crippen LogP contribution is -2.29. The van der Waals surface area contributed by atoms with Crippen LogP contribution in [0.3, 0.4) is 0 Å². The number of nitrogens with two attached hydrogens (primary N) is 1. The predicted molar refractivity (Wildman–Crippen MR) is 53.6 cm³/mol. The lowest BCUT2D eigenvalue weighted by molar-refractivity contribution is 0.409. The number of aromatic nitrogens is 1. The fourth-order valence-electron chi connectivity index (χ4n) is 1.65. The fraction of sp³-hybridized carbons (Fsp3) is 0.500. The summed E-state index contributed by atoms with van der Waals surface area (Å²) < 4.78 is 5.12. The highest BCUT2D eigenvalue weighted by molar-refractivity contribution is 5.27. The molecule has 0 aromatic carbocycles. The van der Waals surface area contributed by atoms with Gasteiger partial charge < -0.3 is 4.74 Å². The summed E-state index contributed by atoms with van der Waals surface area (Å²) in [5.41, 5.74) is 3.94. The molecule has 4 nitrogen and oxygen atoms in total. The van der Waals surface area contributed by atoms with Crippen molar-refractivity contribution in [1.29, 1.82) is 0 Å². The Labute approximate surface area is 83.4 Å². The molecule has 1 atom stereocenters. The van der Waals surface area contributed by atoms with Gasteiger partial charge in [-0.05, 0) is 30.4 Å². The third kappa shape index (κ3) is 1.86. The van der Waals surface area contributed by atoms with Crippen molar-refractivity contribution < 1.29 is 4.74 Å². The van der Waals surface area contributed by atoms with Crippen molar-refractivity contribution in [1.82, 2.24) is 10.4 Å². The standard InChI is InChI=1S/C10H15N3O/c1-14-9-4-8(5-12-6-9)10(13-11)7-2-3-7/h4-7,10,13H,2-3,11H2,1H3. The third-order valence-electron chi connectivity index (χ3n) is 2.60. The van der Waals surface area contributed by atoms with E-state index in [4.69, 9.17) is 10.6 Å². The van der Waals surface area contributed by atoms with Gasteiger partial charge in [0.05, 0.1) is 19.3 Å². The van der Waals surface area contributed by atoms with Gasteiger partial charge in [-0.1, -0.05) is 0 Å². The smallest absolute Gasteiger partial charge is 0.137 e. The van der Waals surface area contributed by atoms with Gasteiger partial charge in [-0.3, -0.25) is 16.3 Å². The Morgan fingerprint density at radius 1 is 1.57 bits per heavy atom. The van der Waals surface area contributed by atoms with Crippen LogP contribution in [0.15, 0.2) is 18.5 Å². The number of nitrogens with zero attached hydrogens (tertiary/aromatic N) is 1. The van der Waals surface area contributed by atoms with Crippen LogP contribution in [0.25, 0.3) is 0 Å². The Balaban J connectivity index is 2.20. The second-order valence-electron chi connectivity index (χ2n) is 3.64. The first kappa shape index (κ1) is 9.43. The molecule has 0 aliphatic heterocycles. The number of hydrazine groups is 1. The second kappa shape index (κ2) is 3.94. The molecule has 14 heavy (non-hydrogen) atoms. The molecule has 76 valence electrons. The summed E-state index contributed by atoms with van der Waals surface area (Å²) in [5, 5.41) is 0. The largest absolute Gasteiger partial charge is 0.495 e. The van der Waals surface area contributed by atoms with Gasteiger partial charge in [0.1, 0.15) is 5.75 Å². The van der Waals surface area contributed by atoms with Crippen LogP contribution in [0.1, 0.15) is 24.4 Å². The van der Waals surface area contributed by atoms with Crippen LogP contribution in [0, 0.1) is 5.92 Å². The second-order valence-corrected chi connectivity index (χ2v) is 3.64. The first-order valence-corrected chi connectivity index (χ1v) is 4.80. The predicted octanol–water partition coefficient (Wildman–Crippen LogP) is 1.00. The van der Waals surface area contributed by atoms with E-state index in [0.29, 0.717) is 5.92 Å². The molecule has 0 spiro atoms. The number of nitrogens with one attached hydrogen (secondary N) is 1. The van der Waals surface area contributed by atoms with E-state index in [1.807, 2.05) is 12.3 Å². The highest BCUT2D eigenvalue weighted by atomic mass is 16.5. The quantitative estimate of drug-likeness (QED) is 0.553. The number of hydrogen-bond donors (Lipinski definition) is 2. The molecule has 0 bridgehead atoms. The summed E-state index contributed by atoms with van der Waals surface area (Å²) in [6.07, 6.45) is 6.02. The van der Waals surface area contributed by atoms with Crippen LogP contribution in [0.2, 0.25) is 0 Å². The molecule has 1 heterocycles. The summed E-state index contributed by atoms with van der Waals surface area (Å²) >= 11 is 0. The molecule has 0 amide bonds. The zero-order valence-corrected chi connectivity index (χ0v) is 8.23. The Hall–Kier alpha value is -1.13. The van der Waals surface area contributed by atoms with Crippen molar-refractivity contribution in [3.8, 4) is 5.75 Å². The van der Waals surface area contributed by atoms with Gasteiger partial charge in [0.2, 0.25) is 0 Å². The van der Waals surface area contributed by atoms with Crippen molar-refractivity contribution in [2.24, 2.45) is 11.8 Å². The molecule has 1 aromatic heterocycles. The summed E-state index contributed by atoms with van der Waals surface area (Å²) in [4.78, 5) is 4.11. The summed E-state index contributed by atoms with van der Waals surface area (Å²) in [6.45, 7) is 0. The van der Waals surface area contributed by atoms with Gasteiger partial charge in [0.15, 0.2) is 0 Å². The van der Waals surface area contributed by atoms with Gasteiger partial charge in [-0.2, -0.15) is 0 Å². The molecular formula is C10H15N3O. The number of ether oxygens (including phenoxy) is 1. The van der Waals surface area contributed by atoms with Gasteiger partial charge in [-0.15, -0.1) is 0 Å². The van der Waals surface area contributed by atoms with Crippen molar-refractivity contribution in [3.05, 3.63) is 24.0 Å². The van der Waals surface area contributed by atoms with Gasteiger partial charge in [-0.25, -0.2) is 0 Å². The van der Waals surface area contributed by atoms with Crippen LogP contribution < -0.4 is 16.0 Å². The monoisotopic (exact) mass is 193 g/mol. The normalized spacial score (nSPS) is 17.9. The highest BCUT2D eigenvalue weighted by Gasteiger charge is 2.31. The molecular weight excluding hydrogens is 178 g/mol. The van der Waals surface area contributed by atoms with Crippen molar-refractivity contribution in [3.63, 3.8) is 0 Å². The third-order valence-corrected chi connectivity index (χ3v) is 2.60. The van der Waals surface area contributed by atoms with Crippen LogP contribution in [-0.2, 0) is 0 Å². The Kier molecular flexibility index (Phi) is 2.65. The van der Waals surface area contributed by atoms with E-state index in [0.717, 1.165) is 11.3 Å². The molecule has 4 heteroatoms. The minimum Gasteiger partial charge on any atom is -0.495 e. The molecule has 1 aliphatic rings. The summed E-state index contributed by atoms with van der Waals surface area (Å²) in [7, 11) is 1.64. The van der Waals surface area contributed by atoms with Gasteiger partial charge in [0.25, 0.3) is 0 Å². The number of methoxy groups -OCH3 is 1. The van der Waals surface area contributed by atoms with Crippen LogP contribution in [0.5, 0.6) is 5.75 Å². The van der Waals surface area contributed by atoms with E-state index in [-0.39, 0.29) is 6.04 Å². The molecule has 1 saturated carbocycles. The van der Waals surface area contributed by atoms with Crippen LogP contribution >= 0.6 is 0 Å². The zero-order chi connectivity index (χ0) is 9.97. The Morgan fingerprint density at radius 3 is 2.93 bits per heavy atom. The maximum absolute atomic E-state index is 5.52. The molecule has 1 unspecified atom stereocenters. The average Bonchev–Trinajstić information content (AvgIpc) is 3.04. The minimum atomic E-state index is 0.220. The van der Waals surface area contributed by atoms with E-state index in [1.54, 1.807) is 13.3 Å². The van der Waals surface area contributed by atoms with Crippen LogP contribution in [0.4, 0.5) is 0 Å². The number of hydrogen-bond acceptors (Lipinski definition) is 4. The van der Waals surface area contributed by atoms with Gasteiger partial charge >= 0.3 is 0 Å². The molecule has 1 aliphatic carbocycles. The van der Waals surface area contributed by atoms with E-state index in [1.165, 1.54) is 12.8 Å². The lowest BCUT2D eigenvalue weighted by Gasteiger charge is -2.15. The van der Waals surface area contributed by atoms with Crippen LogP contribution in [-0.4, -0.2) is 12.1 Å². The average molecular weight is 193 g/mol. The zero-order valence-electron chi connectivity index (χ0n) is 8.23. The Bertz CT molecular complexity index is 312. The molecule has 3 N–H and O–H groups in total. The molecule has 0 saturated heterocycles. The number of rotatable bonds is 4. The Morgan fingerprint density at radius 2 is 2.36 bits per heavy atom. The van der Waals surface area contributed by atoms with Gasteiger partial charge in [0, 0.05) is 6.20 Å². The molecule has 1 aromatic rings.